The minimum absolute atomic E-state index is 0.0251. The van der Waals surface area contributed by atoms with Crippen molar-refractivity contribution >= 4 is 40.1 Å². The van der Waals surface area contributed by atoms with Gasteiger partial charge in [0.25, 0.3) is 5.91 Å². The van der Waals surface area contributed by atoms with E-state index in [-0.39, 0.29) is 11.9 Å². The van der Waals surface area contributed by atoms with Crippen molar-refractivity contribution in [1.29, 1.82) is 0 Å². The van der Waals surface area contributed by atoms with Crippen LogP contribution in [0.15, 0.2) is 18.2 Å². The van der Waals surface area contributed by atoms with Gasteiger partial charge in [-0.2, -0.15) is 0 Å². The number of carbonyl (C=O) groups is 1. The van der Waals surface area contributed by atoms with E-state index < -0.39 is 0 Å². The fraction of sp³-hybridized carbons (Fsp3) is 0.462. The third-order valence-electron chi connectivity index (χ3n) is 3.24. The van der Waals surface area contributed by atoms with Gasteiger partial charge in [-0.1, -0.05) is 11.6 Å². The summed E-state index contributed by atoms with van der Waals surface area (Å²) in [6.45, 7) is 2.08. The molecule has 0 aliphatic carbocycles. The van der Waals surface area contributed by atoms with Crippen LogP contribution < -0.4 is 5.32 Å². The summed E-state index contributed by atoms with van der Waals surface area (Å²) >= 11 is 8.18. The van der Waals surface area contributed by atoms with Crippen LogP contribution >= 0.6 is 34.2 Å². The van der Waals surface area contributed by atoms with Crippen molar-refractivity contribution in [3.05, 3.63) is 32.4 Å². The summed E-state index contributed by atoms with van der Waals surface area (Å²) in [5.41, 5.74) is 0.638. The van der Waals surface area contributed by atoms with Crippen molar-refractivity contribution in [1.82, 2.24) is 10.2 Å². The zero-order valence-electron chi connectivity index (χ0n) is 10.2. The molecule has 0 spiro atoms. The lowest BCUT2D eigenvalue weighted by Crippen LogP contribution is -2.43. The highest BCUT2D eigenvalue weighted by Gasteiger charge is 2.19. The van der Waals surface area contributed by atoms with Crippen LogP contribution in [0.2, 0.25) is 5.02 Å². The summed E-state index contributed by atoms with van der Waals surface area (Å²) in [7, 11) is 2.11. The standard InChI is InChI=1S/C13H16ClIN2O/c1-17-6-4-10(5-7-17)16-13(18)9-2-3-12(15)11(14)8-9/h2-3,8,10H,4-7H2,1H3,(H,16,18). The molecule has 0 unspecified atom stereocenters. The Balaban J connectivity index is 1.97. The molecule has 98 valence electrons. The maximum Gasteiger partial charge on any atom is 0.251 e. The van der Waals surface area contributed by atoms with Crippen molar-refractivity contribution in [3.8, 4) is 0 Å². The number of hydrogen-bond donors (Lipinski definition) is 1. The lowest BCUT2D eigenvalue weighted by atomic mass is 10.0. The van der Waals surface area contributed by atoms with Crippen LogP contribution in [0.5, 0.6) is 0 Å². The van der Waals surface area contributed by atoms with Crippen LogP contribution in [-0.4, -0.2) is 37.0 Å². The van der Waals surface area contributed by atoms with E-state index >= 15 is 0 Å². The second kappa shape index (κ2) is 6.21. The Bertz CT molecular complexity index is 445. The summed E-state index contributed by atoms with van der Waals surface area (Å²) in [4.78, 5) is 14.4. The van der Waals surface area contributed by atoms with Gasteiger partial charge in [0.15, 0.2) is 0 Å². The normalized spacial score (nSPS) is 17.7. The van der Waals surface area contributed by atoms with Crippen molar-refractivity contribution in [3.63, 3.8) is 0 Å². The van der Waals surface area contributed by atoms with Gasteiger partial charge in [-0.25, -0.2) is 0 Å². The van der Waals surface area contributed by atoms with E-state index in [9.17, 15) is 4.79 Å². The Labute approximate surface area is 126 Å². The Morgan fingerprint density at radius 3 is 2.72 bits per heavy atom. The molecule has 1 aromatic rings. The predicted molar refractivity (Wildman–Crippen MR) is 82.2 cm³/mol. The number of benzene rings is 1. The van der Waals surface area contributed by atoms with Gasteiger partial charge in [0.1, 0.15) is 0 Å². The molecule has 1 fully saturated rings. The highest BCUT2D eigenvalue weighted by molar-refractivity contribution is 14.1. The monoisotopic (exact) mass is 378 g/mol. The molecule has 5 heteroatoms. The van der Waals surface area contributed by atoms with E-state index in [2.05, 4.69) is 39.9 Å². The number of amides is 1. The third kappa shape index (κ3) is 3.59. The molecular weight excluding hydrogens is 363 g/mol. The van der Waals surface area contributed by atoms with Crippen LogP contribution in [0, 0.1) is 3.57 Å². The minimum Gasteiger partial charge on any atom is -0.349 e. The molecule has 0 aromatic heterocycles. The van der Waals surface area contributed by atoms with E-state index in [0.717, 1.165) is 29.5 Å². The highest BCUT2D eigenvalue weighted by atomic mass is 127. The minimum atomic E-state index is -0.0251. The molecule has 0 atom stereocenters. The number of rotatable bonds is 2. The number of hydrogen-bond acceptors (Lipinski definition) is 2. The first-order valence-electron chi connectivity index (χ1n) is 6.00. The highest BCUT2D eigenvalue weighted by Crippen LogP contribution is 2.20. The second-order valence-corrected chi connectivity index (χ2v) is 6.25. The summed E-state index contributed by atoms with van der Waals surface area (Å²) in [6, 6.07) is 5.70. The summed E-state index contributed by atoms with van der Waals surface area (Å²) in [6.07, 6.45) is 2.03. The van der Waals surface area contributed by atoms with E-state index in [0.29, 0.717) is 10.6 Å². The number of carbonyl (C=O) groups excluding carboxylic acids is 1. The molecule has 18 heavy (non-hydrogen) atoms. The van der Waals surface area contributed by atoms with Crippen LogP contribution in [0.3, 0.4) is 0 Å². The summed E-state index contributed by atoms with van der Waals surface area (Å²) in [5, 5.41) is 3.71. The molecule has 3 nitrogen and oxygen atoms in total. The SMILES string of the molecule is CN1CCC(NC(=O)c2ccc(I)c(Cl)c2)CC1. The third-order valence-corrected chi connectivity index (χ3v) is 4.81. The number of nitrogens with zero attached hydrogens (tertiary/aromatic N) is 1. The maximum atomic E-state index is 12.1. The quantitative estimate of drug-likeness (QED) is 0.803. The topological polar surface area (TPSA) is 32.3 Å². The maximum absolute atomic E-state index is 12.1. The lowest BCUT2D eigenvalue weighted by molar-refractivity contribution is 0.0917. The summed E-state index contributed by atoms with van der Waals surface area (Å²) in [5.74, 6) is -0.0251. The van der Waals surface area contributed by atoms with Crippen molar-refractivity contribution < 1.29 is 4.79 Å². The molecule has 1 aliphatic heterocycles. The number of piperidine rings is 1. The molecular formula is C13H16ClIN2O. The molecule has 1 amide bonds. The van der Waals surface area contributed by atoms with Gasteiger partial charge in [0.2, 0.25) is 0 Å². The van der Waals surface area contributed by atoms with E-state index in [1.807, 2.05) is 12.1 Å². The second-order valence-electron chi connectivity index (χ2n) is 4.68. The molecule has 1 aromatic carbocycles. The summed E-state index contributed by atoms with van der Waals surface area (Å²) < 4.78 is 0.963. The lowest BCUT2D eigenvalue weighted by Gasteiger charge is -2.29. The number of likely N-dealkylation sites (tertiary alicyclic amines) is 1. The van der Waals surface area contributed by atoms with Crippen LogP contribution in [0.4, 0.5) is 0 Å². The van der Waals surface area contributed by atoms with Gasteiger partial charge in [-0.05, 0) is 73.8 Å². The van der Waals surface area contributed by atoms with Gasteiger partial charge in [-0.15, -0.1) is 0 Å². The first-order valence-corrected chi connectivity index (χ1v) is 7.46. The molecule has 1 N–H and O–H groups in total. The van der Waals surface area contributed by atoms with Gasteiger partial charge in [0, 0.05) is 15.2 Å². The van der Waals surface area contributed by atoms with Crippen LogP contribution in [0.1, 0.15) is 23.2 Å². The molecule has 0 radical (unpaired) electrons. The van der Waals surface area contributed by atoms with E-state index in [1.165, 1.54) is 0 Å². The molecule has 1 aliphatic rings. The van der Waals surface area contributed by atoms with Gasteiger partial charge >= 0.3 is 0 Å². The zero-order chi connectivity index (χ0) is 13.1. The van der Waals surface area contributed by atoms with Gasteiger partial charge in [-0.3, -0.25) is 4.79 Å². The Morgan fingerprint density at radius 2 is 2.11 bits per heavy atom. The Hall–Kier alpha value is -0.330. The van der Waals surface area contributed by atoms with Gasteiger partial charge < -0.3 is 10.2 Å². The van der Waals surface area contributed by atoms with Crippen LogP contribution in [0.25, 0.3) is 0 Å². The molecule has 1 saturated heterocycles. The average molecular weight is 379 g/mol. The Morgan fingerprint density at radius 1 is 1.44 bits per heavy atom. The molecule has 2 rings (SSSR count). The van der Waals surface area contributed by atoms with E-state index in [4.69, 9.17) is 11.6 Å². The Kier molecular flexibility index (Phi) is 4.86. The largest absolute Gasteiger partial charge is 0.349 e. The van der Waals surface area contributed by atoms with E-state index in [1.54, 1.807) is 6.07 Å². The fourth-order valence-corrected chi connectivity index (χ4v) is 2.58. The van der Waals surface area contributed by atoms with Crippen molar-refractivity contribution in [2.75, 3.05) is 20.1 Å². The van der Waals surface area contributed by atoms with Crippen LogP contribution in [-0.2, 0) is 0 Å². The molecule has 0 saturated carbocycles. The number of nitrogens with one attached hydrogen (secondary N) is 1. The van der Waals surface area contributed by atoms with Crippen molar-refractivity contribution in [2.45, 2.75) is 18.9 Å². The zero-order valence-corrected chi connectivity index (χ0v) is 13.2. The molecule has 1 heterocycles. The first kappa shape index (κ1) is 14.1. The predicted octanol–water partition coefficient (Wildman–Crippen LogP) is 2.77. The smallest absolute Gasteiger partial charge is 0.251 e. The molecule has 0 bridgehead atoms. The van der Waals surface area contributed by atoms with Crippen molar-refractivity contribution in [2.24, 2.45) is 0 Å². The van der Waals surface area contributed by atoms with Gasteiger partial charge in [0.05, 0.1) is 5.02 Å². The first-order chi connectivity index (χ1) is 8.56. The fourth-order valence-electron chi connectivity index (χ4n) is 2.06. The number of halogens is 2. The average Bonchev–Trinajstić information content (AvgIpc) is 2.35.